The highest BCUT2D eigenvalue weighted by Crippen LogP contribution is 2.30. The lowest BCUT2D eigenvalue weighted by Gasteiger charge is -2.12. The average molecular weight is 287 g/mol. The molecule has 0 aliphatic rings. The number of aromatic nitrogens is 1. The lowest BCUT2D eigenvalue weighted by atomic mass is 10.2. The Morgan fingerprint density at radius 3 is 2.52 bits per heavy atom. The van der Waals surface area contributed by atoms with Crippen molar-refractivity contribution in [1.82, 2.24) is 4.98 Å². The number of para-hydroxylation sites is 2. The van der Waals surface area contributed by atoms with Crippen molar-refractivity contribution in [3.63, 3.8) is 0 Å². The number of carboxylic acids is 1. The van der Waals surface area contributed by atoms with Gasteiger partial charge in [0, 0.05) is 6.07 Å². The van der Waals surface area contributed by atoms with Gasteiger partial charge in [0.05, 0.1) is 17.9 Å². The Labute approximate surface area is 123 Å². The molecular weight excluding hydrogens is 270 g/mol. The van der Waals surface area contributed by atoms with Crippen molar-refractivity contribution in [2.75, 3.05) is 6.61 Å². The quantitative estimate of drug-likeness (QED) is 0.877. The summed E-state index contributed by atoms with van der Waals surface area (Å²) in [6.07, 6.45) is 0.902. The first-order valence-electron chi connectivity index (χ1n) is 6.72. The van der Waals surface area contributed by atoms with Gasteiger partial charge in [-0.25, -0.2) is 9.78 Å². The number of nitrogens with zero attached hydrogens (tertiary/aromatic N) is 1. The molecule has 1 heterocycles. The smallest absolute Gasteiger partial charge is 0.337 e. The van der Waals surface area contributed by atoms with E-state index < -0.39 is 5.97 Å². The fraction of sp³-hybridized carbons (Fsp3) is 0.250. The number of aromatic carboxylic acids is 1. The number of carbonyl (C=O) groups is 1. The molecule has 1 aromatic heterocycles. The van der Waals surface area contributed by atoms with E-state index in [-0.39, 0.29) is 5.56 Å². The normalized spacial score (nSPS) is 10.2. The van der Waals surface area contributed by atoms with Crippen LogP contribution in [0.3, 0.4) is 0 Å². The van der Waals surface area contributed by atoms with E-state index in [0.717, 1.165) is 6.42 Å². The van der Waals surface area contributed by atoms with Gasteiger partial charge in [0.15, 0.2) is 11.5 Å². The molecule has 0 spiro atoms. The van der Waals surface area contributed by atoms with Gasteiger partial charge >= 0.3 is 5.97 Å². The first kappa shape index (κ1) is 14.8. The summed E-state index contributed by atoms with van der Waals surface area (Å²) in [7, 11) is 0. The van der Waals surface area contributed by atoms with Crippen LogP contribution >= 0.6 is 0 Å². The maximum atomic E-state index is 11.0. The number of ether oxygens (including phenoxy) is 2. The maximum Gasteiger partial charge on any atom is 0.337 e. The fourth-order valence-corrected chi connectivity index (χ4v) is 1.80. The van der Waals surface area contributed by atoms with E-state index in [9.17, 15) is 4.79 Å². The van der Waals surface area contributed by atoms with E-state index in [1.54, 1.807) is 13.0 Å². The van der Waals surface area contributed by atoms with Crippen molar-refractivity contribution in [3.8, 4) is 17.4 Å². The van der Waals surface area contributed by atoms with Gasteiger partial charge < -0.3 is 14.6 Å². The predicted octanol–water partition coefficient (Wildman–Crippen LogP) is 3.67. The molecule has 0 fully saturated rings. The van der Waals surface area contributed by atoms with Crippen molar-refractivity contribution in [2.45, 2.75) is 20.3 Å². The SMILES string of the molecule is CCCOc1ccccc1Oc1ccc(C(=O)O)c(C)n1. The standard InChI is InChI=1S/C16H17NO4/c1-3-10-20-13-6-4-5-7-14(13)21-15-9-8-12(16(18)19)11(2)17-15/h4-9H,3,10H2,1-2H3,(H,18,19). The van der Waals surface area contributed by atoms with E-state index in [2.05, 4.69) is 4.98 Å². The molecular formula is C16H17NO4. The molecule has 1 aromatic carbocycles. The fourth-order valence-electron chi connectivity index (χ4n) is 1.80. The zero-order valence-electron chi connectivity index (χ0n) is 12.0. The van der Waals surface area contributed by atoms with Crippen LogP contribution in [0.25, 0.3) is 0 Å². The van der Waals surface area contributed by atoms with Crippen LogP contribution in [0.15, 0.2) is 36.4 Å². The summed E-state index contributed by atoms with van der Waals surface area (Å²) in [5.41, 5.74) is 0.574. The van der Waals surface area contributed by atoms with Crippen molar-refractivity contribution >= 4 is 5.97 Å². The molecule has 21 heavy (non-hydrogen) atoms. The Hall–Kier alpha value is -2.56. The number of aryl methyl sites for hydroxylation is 1. The Kier molecular flexibility index (Phi) is 4.77. The van der Waals surface area contributed by atoms with Crippen molar-refractivity contribution in [1.29, 1.82) is 0 Å². The number of hydrogen-bond acceptors (Lipinski definition) is 4. The summed E-state index contributed by atoms with van der Waals surface area (Å²) in [5, 5.41) is 8.99. The van der Waals surface area contributed by atoms with Gasteiger partial charge in [0.25, 0.3) is 0 Å². The van der Waals surface area contributed by atoms with E-state index in [4.69, 9.17) is 14.6 Å². The minimum Gasteiger partial charge on any atom is -0.490 e. The largest absolute Gasteiger partial charge is 0.490 e. The summed E-state index contributed by atoms with van der Waals surface area (Å²) < 4.78 is 11.3. The molecule has 0 radical (unpaired) electrons. The molecule has 0 aliphatic heterocycles. The lowest BCUT2D eigenvalue weighted by molar-refractivity contribution is 0.0695. The summed E-state index contributed by atoms with van der Waals surface area (Å²) in [6, 6.07) is 10.3. The Balaban J connectivity index is 2.22. The summed E-state index contributed by atoms with van der Waals surface area (Å²) in [6.45, 7) is 4.26. The molecule has 5 nitrogen and oxygen atoms in total. The number of hydrogen-bond donors (Lipinski definition) is 1. The Bertz CT molecular complexity index is 640. The molecule has 0 amide bonds. The second kappa shape index (κ2) is 6.74. The summed E-state index contributed by atoms with van der Waals surface area (Å²) >= 11 is 0. The molecule has 0 bridgehead atoms. The van der Waals surface area contributed by atoms with Crippen LogP contribution in [0.1, 0.15) is 29.4 Å². The Morgan fingerprint density at radius 2 is 1.90 bits per heavy atom. The zero-order valence-corrected chi connectivity index (χ0v) is 12.0. The molecule has 0 unspecified atom stereocenters. The van der Waals surface area contributed by atoms with E-state index in [1.807, 2.05) is 25.1 Å². The van der Waals surface area contributed by atoms with Crippen LogP contribution in [-0.4, -0.2) is 22.7 Å². The molecule has 1 N–H and O–H groups in total. The number of carboxylic acid groups (broad SMARTS) is 1. The average Bonchev–Trinajstić information content (AvgIpc) is 2.46. The van der Waals surface area contributed by atoms with Crippen molar-refractivity contribution in [3.05, 3.63) is 47.7 Å². The zero-order chi connectivity index (χ0) is 15.2. The molecule has 0 saturated carbocycles. The minimum atomic E-state index is -1.00. The first-order valence-corrected chi connectivity index (χ1v) is 6.72. The summed E-state index contributed by atoms with van der Waals surface area (Å²) in [4.78, 5) is 15.1. The second-order valence-electron chi connectivity index (χ2n) is 4.48. The monoisotopic (exact) mass is 287 g/mol. The number of rotatable bonds is 6. The molecule has 0 saturated heterocycles. The van der Waals surface area contributed by atoms with Gasteiger partial charge in [-0.15, -0.1) is 0 Å². The third-order valence-electron chi connectivity index (χ3n) is 2.82. The molecule has 110 valence electrons. The number of pyridine rings is 1. The highest BCUT2D eigenvalue weighted by atomic mass is 16.5. The van der Waals surface area contributed by atoms with Crippen LogP contribution < -0.4 is 9.47 Å². The first-order chi connectivity index (χ1) is 10.1. The van der Waals surface area contributed by atoms with Crippen molar-refractivity contribution in [2.24, 2.45) is 0 Å². The third kappa shape index (κ3) is 3.72. The van der Waals surface area contributed by atoms with Crippen LogP contribution in [0.2, 0.25) is 0 Å². The van der Waals surface area contributed by atoms with Crippen LogP contribution in [0.4, 0.5) is 0 Å². The molecule has 5 heteroatoms. The van der Waals surface area contributed by atoms with Crippen molar-refractivity contribution < 1.29 is 19.4 Å². The predicted molar refractivity (Wildman–Crippen MR) is 78.2 cm³/mol. The van der Waals surface area contributed by atoms with Gasteiger partial charge in [-0.05, 0) is 31.5 Å². The van der Waals surface area contributed by atoms with Crippen LogP contribution in [0, 0.1) is 6.92 Å². The van der Waals surface area contributed by atoms with E-state index >= 15 is 0 Å². The van der Waals surface area contributed by atoms with Gasteiger partial charge in [-0.3, -0.25) is 0 Å². The number of benzene rings is 1. The minimum absolute atomic E-state index is 0.165. The van der Waals surface area contributed by atoms with Gasteiger partial charge in [-0.2, -0.15) is 0 Å². The molecule has 0 atom stereocenters. The van der Waals surface area contributed by atoms with Gasteiger partial charge in [-0.1, -0.05) is 19.1 Å². The third-order valence-corrected chi connectivity index (χ3v) is 2.82. The van der Waals surface area contributed by atoms with Gasteiger partial charge in [0.1, 0.15) is 0 Å². The molecule has 0 aliphatic carbocycles. The van der Waals surface area contributed by atoms with Gasteiger partial charge in [0.2, 0.25) is 5.88 Å². The second-order valence-corrected chi connectivity index (χ2v) is 4.48. The summed E-state index contributed by atoms with van der Waals surface area (Å²) in [5.74, 6) is 0.533. The Morgan fingerprint density at radius 1 is 1.19 bits per heavy atom. The molecule has 2 aromatic rings. The van der Waals surface area contributed by atoms with E-state index in [1.165, 1.54) is 12.1 Å². The maximum absolute atomic E-state index is 11.0. The molecule has 2 rings (SSSR count). The topological polar surface area (TPSA) is 68.7 Å². The van der Waals surface area contributed by atoms with Crippen LogP contribution in [0.5, 0.6) is 17.4 Å². The highest BCUT2D eigenvalue weighted by molar-refractivity contribution is 5.88. The highest BCUT2D eigenvalue weighted by Gasteiger charge is 2.11. The van der Waals surface area contributed by atoms with E-state index in [0.29, 0.717) is 29.7 Å². The lowest BCUT2D eigenvalue weighted by Crippen LogP contribution is -2.03. The van der Waals surface area contributed by atoms with Crippen LogP contribution in [-0.2, 0) is 0 Å².